The van der Waals surface area contributed by atoms with E-state index in [4.69, 9.17) is 22.7 Å². The Labute approximate surface area is 101 Å². The summed E-state index contributed by atoms with van der Waals surface area (Å²) < 4.78 is 5.05. The Morgan fingerprint density at radius 2 is 2.31 bits per heavy atom. The molecule has 0 saturated heterocycles. The van der Waals surface area contributed by atoms with E-state index in [1.807, 2.05) is 0 Å². The first kappa shape index (κ1) is 12.8. The summed E-state index contributed by atoms with van der Waals surface area (Å²) >= 11 is 4.86. The van der Waals surface area contributed by atoms with E-state index in [2.05, 4.69) is 14.9 Å². The average molecular weight is 240 g/mol. The van der Waals surface area contributed by atoms with E-state index >= 15 is 0 Å². The fourth-order valence-electron chi connectivity index (χ4n) is 1.24. The maximum Gasteiger partial charge on any atom is 0.147 e. The van der Waals surface area contributed by atoms with E-state index in [1.54, 1.807) is 25.7 Å². The average Bonchev–Trinajstić information content (AvgIpc) is 2.30. The standard InChI is InChI=1S/C10H16N4OS/c1-15-7-6-14(5-2-9(11)16)10-8-12-3-4-13-10/h3-4,8H,2,5-7H2,1H3,(H2,11,16). The van der Waals surface area contributed by atoms with E-state index in [0.717, 1.165) is 18.9 Å². The Morgan fingerprint density at radius 1 is 1.50 bits per heavy atom. The summed E-state index contributed by atoms with van der Waals surface area (Å²) in [4.78, 5) is 10.8. The molecule has 0 spiro atoms. The molecule has 0 radical (unpaired) electrons. The van der Waals surface area contributed by atoms with Crippen molar-refractivity contribution in [1.29, 1.82) is 0 Å². The van der Waals surface area contributed by atoms with Crippen LogP contribution in [0.25, 0.3) is 0 Å². The number of ether oxygens (including phenoxy) is 1. The summed E-state index contributed by atoms with van der Waals surface area (Å²) in [5.41, 5.74) is 5.48. The van der Waals surface area contributed by atoms with Gasteiger partial charge in [-0.3, -0.25) is 4.98 Å². The van der Waals surface area contributed by atoms with Crippen molar-refractivity contribution in [3.05, 3.63) is 18.6 Å². The van der Waals surface area contributed by atoms with Crippen LogP contribution in [0.5, 0.6) is 0 Å². The molecule has 2 N–H and O–H groups in total. The molecule has 0 aliphatic heterocycles. The first-order chi connectivity index (χ1) is 7.74. The summed E-state index contributed by atoms with van der Waals surface area (Å²) in [5.74, 6) is 0.816. The van der Waals surface area contributed by atoms with E-state index in [0.29, 0.717) is 18.0 Å². The van der Waals surface area contributed by atoms with Crippen LogP contribution in [0, 0.1) is 0 Å². The molecule has 5 nitrogen and oxygen atoms in total. The smallest absolute Gasteiger partial charge is 0.147 e. The molecule has 1 aromatic heterocycles. The maximum atomic E-state index is 5.48. The van der Waals surface area contributed by atoms with Crippen molar-refractivity contribution in [2.24, 2.45) is 5.73 Å². The van der Waals surface area contributed by atoms with Crippen LogP contribution in [0.1, 0.15) is 6.42 Å². The number of nitrogens with two attached hydrogens (primary N) is 1. The fraction of sp³-hybridized carbons (Fsp3) is 0.500. The second-order valence-corrected chi connectivity index (χ2v) is 3.78. The van der Waals surface area contributed by atoms with Gasteiger partial charge in [0.2, 0.25) is 0 Å². The van der Waals surface area contributed by atoms with E-state index in [1.165, 1.54) is 0 Å². The lowest BCUT2D eigenvalue weighted by Gasteiger charge is -2.22. The van der Waals surface area contributed by atoms with Crippen LogP contribution in [-0.2, 0) is 4.74 Å². The molecule has 1 aromatic rings. The molecule has 0 atom stereocenters. The highest BCUT2D eigenvalue weighted by Crippen LogP contribution is 2.07. The number of thiocarbonyl (C=S) groups is 1. The van der Waals surface area contributed by atoms with Crippen LogP contribution in [0.3, 0.4) is 0 Å². The second kappa shape index (κ2) is 7.08. The molecule has 0 bridgehead atoms. The van der Waals surface area contributed by atoms with Gasteiger partial charge in [-0.05, 0) is 0 Å². The minimum Gasteiger partial charge on any atom is -0.393 e. The van der Waals surface area contributed by atoms with Gasteiger partial charge < -0.3 is 15.4 Å². The minimum absolute atomic E-state index is 0.506. The van der Waals surface area contributed by atoms with Crippen LogP contribution < -0.4 is 10.6 Å². The highest BCUT2D eigenvalue weighted by Gasteiger charge is 2.07. The quantitative estimate of drug-likeness (QED) is 0.704. The van der Waals surface area contributed by atoms with Gasteiger partial charge in [0.25, 0.3) is 0 Å². The van der Waals surface area contributed by atoms with Crippen molar-refractivity contribution in [2.75, 3.05) is 31.7 Å². The van der Waals surface area contributed by atoms with Gasteiger partial charge in [0.05, 0.1) is 17.8 Å². The predicted octanol–water partition coefficient (Wildman–Crippen LogP) is 0.606. The molecule has 1 heterocycles. The van der Waals surface area contributed by atoms with Crippen LogP contribution in [0.15, 0.2) is 18.6 Å². The molecule has 0 aliphatic rings. The van der Waals surface area contributed by atoms with Crippen molar-refractivity contribution in [3.8, 4) is 0 Å². The van der Waals surface area contributed by atoms with Crippen molar-refractivity contribution in [3.63, 3.8) is 0 Å². The second-order valence-electron chi connectivity index (χ2n) is 3.26. The Balaban J connectivity index is 2.59. The zero-order valence-electron chi connectivity index (χ0n) is 9.30. The lowest BCUT2D eigenvalue weighted by Crippen LogP contribution is -2.31. The number of hydrogen-bond acceptors (Lipinski definition) is 5. The van der Waals surface area contributed by atoms with Crippen molar-refractivity contribution in [1.82, 2.24) is 9.97 Å². The van der Waals surface area contributed by atoms with Gasteiger partial charge in [0.1, 0.15) is 5.82 Å². The van der Waals surface area contributed by atoms with Crippen molar-refractivity contribution >= 4 is 23.0 Å². The number of hydrogen-bond donors (Lipinski definition) is 1. The van der Waals surface area contributed by atoms with Gasteiger partial charge in [-0.2, -0.15) is 0 Å². The highest BCUT2D eigenvalue weighted by molar-refractivity contribution is 7.80. The molecule has 16 heavy (non-hydrogen) atoms. The molecule has 0 fully saturated rings. The Bertz CT molecular complexity index is 320. The van der Waals surface area contributed by atoms with Gasteiger partial charge in [-0.25, -0.2) is 4.98 Å². The molecule has 0 unspecified atom stereocenters. The van der Waals surface area contributed by atoms with Crippen LogP contribution in [-0.4, -0.2) is 41.8 Å². The summed E-state index contributed by atoms with van der Waals surface area (Å²) in [7, 11) is 1.67. The normalized spacial score (nSPS) is 10.1. The predicted molar refractivity (Wildman–Crippen MR) is 67.5 cm³/mol. The maximum absolute atomic E-state index is 5.48. The van der Waals surface area contributed by atoms with Crippen LogP contribution >= 0.6 is 12.2 Å². The summed E-state index contributed by atoms with van der Waals surface area (Å²) in [6.07, 6.45) is 5.69. The van der Waals surface area contributed by atoms with Crippen molar-refractivity contribution in [2.45, 2.75) is 6.42 Å². The van der Waals surface area contributed by atoms with Crippen molar-refractivity contribution < 1.29 is 4.74 Å². The Kier molecular flexibility index (Phi) is 5.66. The number of anilines is 1. The fourth-order valence-corrected chi connectivity index (χ4v) is 1.33. The van der Waals surface area contributed by atoms with E-state index < -0.39 is 0 Å². The van der Waals surface area contributed by atoms with Crippen LogP contribution in [0.4, 0.5) is 5.82 Å². The molecular formula is C10H16N4OS. The SMILES string of the molecule is COCCN(CCC(N)=S)c1cnccn1. The number of rotatable bonds is 7. The largest absolute Gasteiger partial charge is 0.393 e. The third kappa shape index (κ3) is 4.50. The Morgan fingerprint density at radius 3 is 2.88 bits per heavy atom. The summed E-state index contributed by atoms with van der Waals surface area (Å²) in [6, 6.07) is 0. The van der Waals surface area contributed by atoms with Crippen LogP contribution in [0.2, 0.25) is 0 Å². The topological polar surface area (TPSA) is 64.3 Å². The molecule has 0 amide bonds. The van der Waals surface area contributed by atoms with Gasteiger partial charge in [-0.15, -0.1) is 0 Å². The van der Waals surface area contributed by atoms with Gasteiger partial charge in [0, 0.05) is 39.0 Å². The third-order valence-corrected chi connectivity index (χ3v) is 2.27. The van der Waals surface area contributed by atoms with Gasteiger partial charge in [0.15, 0.2) is 0 Å². The number of nitrogens with zero attached hydrogens (tertiary/aromatic N) is 3. The molecule has 0 saturated carbocycles. The first-order valence-corrected chi connectivity index (χ1v) is 5.43. The number of aromatic nitrogens is 2. The van der Waals surface area contributed by atoms with Gasteiger partial charge in [-0.1, -0.05) is 12.2 Å². The molecule has 88 valence electrons. The van der Waals surface area contributed by atoms with E-state index in [-0.39, 0.29) is 0 Å². The highest BCUT2D eigenvalue weighted by atomic mass is 32.1. The monoisotopic (exact) mass is 240 g/mol. The van der Waals surface area contributed by atoms with Gasteiger partial charge >= 0.3 is 0 Å². The zero-order chi connectivity index (χ0) is 11.8. The first-order valence-electron chi connectivity index (χ1n) is 5.02. The summed E-state index contributed by atoms with van der Waals surface area (Å²) in [5, 5.41) is 0. The molecule has 0 aromatic carbocycles. The van der Waals surface area contributed by atoms with E-state index in [9.17, 15) is 0 Å². The number of methoxy groups -OCH3 is 1. The molecule has 6 heteroatoms. The molecule has 0 aliphatic carbocycles. The lowest BCUT2D eigenvalue weighted by molar-refractivity contribution is 0.205. The zero-order valence-corrected chi connectivity index (χ0v) is 10.1. The minimum atomic E-state index is 0.506. The molecular weight excluding hydrogens is 224 g/mol. The molecule has 1 rings (SSSR count). The summed E-state index contributed by atoms with van der Waals surface area (Å²) in [6.45, 7) is 2.11. The third-order valence-electron chi connectivity index (χ3n) is 2.07. The lowest BCUT2D eigenvalue weighted by atomic mass is 10.3. The Hall–Kier alpha value is -1.27.